The Hall–Kier alpha value is -3.97. The number of carbonyl (C=O) groups excluding carboxylic acids is 1. The molecule has 0 saturated carbocycles. The van der Waals surface area contributed by atoms with Crippen molar-refractivity contribution in [2.24, 2.45) is 0 Å². The van der Waals surface area contributed by atoms with E-state index in [4.69, 9.17) is 9.84 Å². The zero-order valence-electron chi connectivity index (χ0n) is 20.5. The van der Waals surface area contributed by atoms with Crippen LogP contribution in [0.2, 0.25) is 0 Å². The molecular formula is C29H29FN4O2. The minimum atomic E-state index is -0.230. The molecule has 0 fully saturated rings. The Morgan fingerprint density at radius 1 is 1.03 bits per heavy atom. The molecule has 1 aromatic heterocycles. The summed E-state index contributed by atoms with van der Waals surface area (Å²) in [7, 11) is 3.47. The van der Waals surface area contributed by atoms with E-state index in [1.807, 2.05) is 78.5 Å². The van der Waals surface area contributed by atoms with Crippen LogP contribution in [0.15, 0.2) is 78.9 Å². The Balaban J connectivity index is 1.47. The third-order valence-electron chi connectivity index (χ3n) is 6.61. The summed E-state index contributed by atoms with van der Waals surface area (Å²) in [6.45, 7) is 2.66. The lowest BCUT2D eigenvalue weighted by molar-refractivity contribution is 0.0782. The normalized spacial score (nSPS) is 13.3. The lowest BCUT2D eigenvalue weighted by Gasteiger charge is -2.28. The third-order valence-corrected chi connectivity index (χ3v) is 6.61. The summed E-state index contributed by atoms with van der Waals surface area (Å²) in [5.74, 6) is 0.471. The van der Waals surface area contributed by atoms with Gasteiger partial charge < -0.3 is 9.64 Å². The van der Waals surface area contributed by atoms with Gasteiger partial charge in [-0.3, -0.25) is 9.69 Å². The van der Waals surface area contributed by atoms with Gasteiger partial charge in [-0.05, 0) is 42.0 Å². The van der Waals surface area contributed by atoms with Gasteiger partial charge >= 0.3 is 0 Å². The zero-order chi connectivity index (χ0) is 25.1. The molecule has 36 heavy (non-hydrogen) atoms. The fraction of sp³-hybridized carbons (Fsp3) is 0.241. The van der Waals surface area contributed by atoms with E-state index in [-0.39, 0.29) is 11.7 Å². The van der Waals surface area contributed by atoms with E-state index in [2.05, 4.69) is 4.90 Å². The molecule has 1 amide bonds. The van der Waals surface area contributed by atoms with Crippen LogP contribution in [0.1, 0.15) is 32.9 Å². The molecule has 7 heteroatoms. The SMILES string of the molecule is COc1ccccc1-n1nc(CN(C)C(=O)c2ccccc2)c2c1CCN(Cc1ccc(F)cc1)C2. The number of halogens is 1. The topological polar surface area (TPSA) is 50.6 Å². The molecule has 6 nitrogen and oxygen atoms in total. The van der Waals surface area contributed by atoms with Crippen molar-refractivity contribution in [2.45, 2.75) is 26.1 Å². The monoisotopic (exact) mass is 484 g/mol. The second kappa shape index (κ2) is 10.3. The van der Waals surface area contributed by atoms with Gasteiger partial charge in [0.2, 0.25) is 0 Å². The molecule has 1 aliphatic heterocycles. The van der Waals surface area contributed by atoms with E-state index in [1.54, 1.807) is 12.0 Å². The Morgan fingerprint density at radius 2 is 1.75 bits per heavy atom. The van der Waals surface area contributed by atoms with Crippen LogP contribution in [-0.2, 0) is 26.1 Å². The molecule has 1 aliphatic rings. The zero-order valence-corrected chi connectivity index (χ0v) is 20.5. The molecule has 0 unspecified atom stereocenters. The quantitative estimate of drug-likeness (QED) is 0.376. The van der Waals surface area contributed by atoms with Crippen LogP contribution in [0.5, 0.6) is 5.75 Å². The molecule has 0 atom stereocenters. The fourth-order valence-electron chi connectivity index (χ4n) is 4.75. The van der Waals surface area contributed by atoms with Gasteiger partial charge in [0.05, 0.1) is 25.0 Å². The molecule has 0 bridgehead atoms. The van der Waals surface area contributed by atoms with Crippen LogP contribution < -0.4 is 4.74 Å². The van der Waals surface area contributed by atoms with Crippen LogP contribution in [0.3, 0.4) is 0 Å². The molecule has 0 aliphatic carbocycles. The van der Waals surface area contributed by atoms with E-state index in [0.717, 1.165) is 53.5 Å². The van der Waals surface area contributed by atoms with Crippen LogP contribution in [-0.4, -0.2) is 46.2 Å². The Labute approximate surface area is 210 Å². The number of hydrogen-bond acceptors (Lipinski definition) is 4. The molecule has 0 saturated heterocycles. The van der Waals surface area contributed by atoms with Crippen LogP contribution in [0.25, 0.3) is 5.69 Å². The van der Waals surface area contributed by atoms with Crippen molar-refractivity contribution in [3.05, 3.63) is 113 Å². The summed E-state index contributed by atoms with van der Waals surface area (Å²) >= 11 is 0. The number of para-hydroxylation sites is 2. The van der Waals surface area contributed by atoms with E-state index in [1.165, 1.54) is 12.1 Å². The maximum Gasteiger partial charge on any atom is 0.253 e. The fourth-order valence-corrected chi connectivity index (χ4v) is 4.75. The number of ether oxygens (including phenoxy) is 1. The van der Waals surface area contributed by atoms with Crippen molar-refractivity contribution in [1.29, 1.82) is 0 Å². The maximum atomic E-state index is 13.4. The van der Waals surface area contributed by atoms with E-state index < -0.39 is 0 Å². The average molecular weight is 485 g/mol. The first-order valence-electron chi connectivity index (χ1n) is 12.0. The van der Waals surface area contributed by atoms with Crippen molar-refractivity contribution in [3.8, 4) is 11.4 Å². The largest absolute Gasteiger partial charge is 0.494 e. The van der Waals surface area contributed by atoms with Crippen molar-refractivity contribution in [2.75, 3.05) is 20.7 Å². The highest BCUT2D eigenvalue weighted by molar-refractivity contribution is 5.93. The second-order valence-electron chi connectivity index (χ2n) is 9.07. The number of aromatic nitrogens is 2. The molecular weight excluding hydrogens is 455 g/mol. The highest BCUT2D eigenvalue weighted by Crippen LogP contribution is 2.30. The van der Waals surface area contributed by atoms with Gasteiger partial charge in [-0.25, -0.2) is 9.07 Å². The Bertz CT molecular complexity index is 1350. The number of carbonyl (C=O) groups is 1. The van der Waals surface area contributed by atoms with Crippen LogP contribution >= 0.6 is 0 Å². The number of methoxy groups -OCH3 is 1. The molecule has 0 spiro atoms. The first kappa shape index (κ1) is 23.8. The van der Waals surface area contributed by atoms with Crippen molar-refractivity contribution < 1.29 is 13.9 Å². The van der Waals surface area contributed by atoms with Gasteiger partial charge in [0.15, 0.2) is 0 Å². The van der Waals surface area contributed by atoms with Gasteiger partial charge in [0.1, 0.15) is 17.3 Å². The Morgan fingerprint density at radius 3 is 2.50 bits per heavy atom. The molecule has 0 radical (unpaired) electrons. The smallest absolute Gasteiger partial charge is 0.253 e. The first-order chi connectivity index (χ1) is 17.5. The molecule has 2 heterocycles. The van der Waals surface area contributed by atoms with Gasteiger partial charge in [0, 0.05) is 44.2 Å². The first-order valence-corrected chi connectivity index (χ1v) is 12.0. The minimum Gasteiger partial charge on any atom is -0.494 e. The summed E-state index contributed by atoms with van der Waals surface area (Å²) in [4.78, 5) is 17.1. The number of hydrogen-bond donors (Lipinski definition) is 0. The van der Waals surface area contributed by atoms with Gasteiger partial charge in [-0.15, -0.1) is 0 Å². The highest BCUT2D eigenvalue weighted by Gasteiger charge is 2.28. The number of nitrogens with zero attached hydrogens (tertiary/aromatic N) is 4. The lowest BCUT2D eigenvalue weighted by atomic mass is 10.0. The standard InChI is InChI=1S/C29H29FN4O2/c1-32(29(35)22-8-4-3-5-9-22)20-25-24-19-33(18-21-12-14-23(30)15-13-21)17-16-26(24)34(31-25)27-10-6-7-11-28(27)36-2/h3-15H,16-20H2,1-2H3. The van der Waals surface area contributed by atoms with Crippen LogP contribution in [0.4, 0.5) is 4.39 Å². The summed E-state index contributed by atoms with van der Waals surface area (Å²) in [5, 5.41) is 5.01. The van der Waals surface area contributed by atoms with Gasteiger partial charge in [-0.1, -0.05) is 42.5 Å². The molecule has 0 N–H and O–H groups in total. The van der Waals surface area contributed by atoms with Crippen molar-refractivity contribution in [3.63, 3.8) is 0 Å². The lowest BCUT2D eigenvalue weighted by Crippen LogP contribution is -2.32. The maximum absolute atomic E-state index is 13.4. The minimum absolute atomic E-state index is 0.0461. The van der Waals surface area contributed by atoms with Crippen molar-refractivity contribution >= 4 is 5.91 Å². The summed E-state index contributed by atoms with van der Waals surface area (Å²) in [5.41, 5.74) is 5.72. The average Bonchev–Trinajstić information content (AvgIpc) is 3.27. The summed E-state index contributed by atoms with van der Waals surface area (Å²) < 4.78 is 21.0. The number of amides is 1. The molecule has 184 valence electrons. The molecule has 3 aromatic carbocycles. The molecule has 5 rings (SSSR count). The van der Waals surface area contributed by atoms with E-state index >= 15 is 0 Å². The van der Waals surface area contributed by atoms with Gasteiger partial charge in [-0.2, -0.15) is 5.10 Å². The third kappa shape index (κ3) is 4.88. The van der Waals surface area contributed by atoms with Crippen LogP contribution in [0, 0.1) is 5.82 Å². The van der Waals surface area contributed by atoms with Gasteiger partial charge in [0.25, 0.3) is 5.91 Å². The summed E-state index contributed by atoms with van der Waals surface area (Å²) in [6.07, 6.45) is 0.803. The second-order valence-corrected chi connectivity index (χ2v) is 9.07. The number of rotatable bonds is 7. The van der Waals surface area contributed by atoms with Crippen molar-refractivity contribution in [1.82, 2.24) is 19.6 Å². The predicted octanol–water partition coefficient (Wildman–Crippen LogP) is 4.85. The van der Waals surface area contributed by atoms with E-state index in [9.17, 15) is 9.18 Å². The number of fused-ring (bicyclic) bond motifs is 1. The summed E-state index contributed by atoms with van der Waals surface area (Å²) in [6, 6.07) is 23.8. The van der Waals surface area contributed by atoms with E-state index in [0.29, 0.717) is 18.7 Å². The Kier molecular flexibility index (Phi) is 6.82. The predicted molar refractivity (Wildman–Crippen MR) is 137 cm³/mol. The molecule has 4 aromatic rings. The number of benzene rings is 3. The highest BCUT2D eigenvalue weighted by atomic mass is 19.1.